The Hall–Kier alpha value is -4.01. The Morgan fingerprint density at radius 3 is 2.48 bits per heavy atom. The minimum absolute atomic E-state index is 0.00421. The Bertz CT molecular complexity index is 1170. The fourth-order valence-electron chi connectivity index (χ4n) is 3.27. The molecule has 4 N–H and O–H groups in total. The van der Waals surface area contributed by atoms with E-state index in [2.05, 4.69) is 10.3 Å². The molecule has 0 radical (unpaired) electrons. The zero-order valence-corrected chi connectivity index (χ0v) is 17.4. The Morgan fingerprint density at radius 1 is 1.13 bits per heavy atom. The summed E-state index contributed by atoms with van der Waals surface area (Å²) in [6.07, 6.45) is 0. The van der Waals surface area contributed by atoms with Crippen molar-refractivity contribution in [1.29, 1.82) is 0 Å². The molecule has 1 aromatic heterocycles. The first-order valence-corrected chi connectivity index (χ1v) is 9.79. The second-order valence-corrected chi connectivity index (χ2v) is 6.83. The molecule has 3 aromatic rings. The van der Waals surface area contributed by atoms with Crippen molar-refractivity contribution in [3.8, 4) is 5.75 Å². The molecule has 0 aliphatic rings. The number of hydrogen-bond acceptors (Lipinski definition) is 6. The molecule has 162 valence electrons. The van der Waals surface area contributed by atoms with Crippen LogP contribution in [0.2, 0.25) is 0 Å². The summed E-state index contributed by atoms with van der Waals surface area (Å²) in [5, 5.41) is 2.77. The van der Waals surface area contributed by atoms with E-state index < -0.39 is 11.2 Å². The molecule has 2 aromatic carbocycles. The topological polar surface area (TPSA) is 122 Å². The highest BCUT2D eigenvalue weighted by Crippen LogP contribution is 2.23. The molecule has 9 nitrogen and oxygen atoms in total. The first kappa shape index (κ1) is 21.7. The van der Waals surface area contributed by atoms with Crippen LogP contribution in [0.4, 0.5) is 17.2 Å². The third-order valence-electron chi connectivity index (χ3n) is 4.81. The minimum Gasteiger partial charge on any atom is -0.495 e. The maximum absolute atomic E-state index is 12.7. The Balaban J connectivity index is 1.88. The molecular weight excluding hydrogens is 398 g/mol. The number of aromatic amines is 1. The number of anilines is 3. The number of benzene rings is 2. The van der Waals surface area contributed by atoms with Crippen molar-refractivity contribution in [3.63, 3.8) is 0 Å². The molecule has 1 amide bonds. The van der Waals surface area contributed by atoms with Crippen LogP contribution >= 0.6 is 0 Å². The summed E-state index contributed by atoms with van der Waals surface area (Å²) < 4.78 is 6.53. The lowest BCUT2D eigenvalue weighted by molar-refractivity contribution is -0.115. The molecule has 31 heavy (non-hydrogen) atoms. The summed E-state index contributed by atoms with van der Waals surface area (Å²) in [7, 11) is 1.51. The quantitative estimate of drug-likeness (QED) is 0.506. The molecule has 0 unspecified atom stereocenters. The summed E-state index contributed by atoms with van der Waals surface area (Å²) in [4.78, 5) is 41.4. The van der Waals surface area contributed by atoms with Gasteiger partial charge in [-0.3, -0.25) is 19.1 Å². The van der Waals surface area contributed by atoms with Crippen LogP contribution in [-0.4, -0.2) is 35.7 Å². The van der Waals surface area contributed by atoms with E-state index in [1.807, 2.05) is 30.3 Å². The summed E-state index contributed by atoms with van der Waals surface area (Å²) in [6, 6.07) is 16.3. The molecule has 3 rings (SSSR count). The summed E-state index contributed by atoms with van der Waals surface area (Å²) in [5.74, 6) is 0.170. The van der Waals surface area contributed by atoms with E-state index in [-0.39, 0.29) is 30.5 Å². The lowest BCUT2D eigenvalue weighted by atomic mass is 10.2. The fourth-order valence-corrected chi connectivity index (χ4v) is 3.27. The van der Waals surface area contributed by atoms with Crippen LogP contribution in [-0.2, 0) is 11.3 Å². The van der Waals surface area contributed by atoms with Crippen molar-refractivity contribution in [3.05, 3.63) is 81.0 Å². The van der Waals surface area contributed by atoms with Gasteiger partial charge in [0.25, 0.3) is 5.56 Å². The van der Waals surface area contributed by atoms with Crippen LogP contribution in [0.25, 0.3) is 0 Å². The number of nitrogen functional groups attached to an aromatic ring is 1. The third-order valence-corrected chi connectivity index (χ3v) is 4.81. The number of para-hydroxylation sites is 2. The average molecular weight is 423 g/mol. The van der Waals surface area contributed by atoms with Gasteiger partial charge in [-0.2, -0.15) is 0 Å². The lowest BCUT2D eigenvalue weighted by Crippen LogP contribution is -2.41. The van der Waals surface area contributed by atoms with Crippen molar-refractivity contribution in [2.24, 2.45) is 0 Å². The number of H-pyrrole nitrogens is 1. The van der Waals surface area contributed by atoms with E-state index in [1.54, 1.807) is 31.2 Å². The van der Waals surface area contributed by atoms with Gasteiger partial charge in [0.1, 0.15) is 17.3 Å². The molecule has 9 heteroatoms. The Kier molecular flexibility index (Phi) is 6.76. The van der Waals surface area contributed by atoms with E-state index in [0.29, 0.717) is 18.0 Å². The predicted octanol–water partition coefficient (Wildman–Crippen LogP) is 1.64. The molecule has 0 saturated carbocycles. The number of methoxy groups -OCH3 is 1. The maximum atomic E-state index is 12.7. The second-order valence-electron chi connectivity index (χ2n) is 6.83. The molecule has 0 aliphatic heterocycles. The molecule has 0 bridgehead atoms. The predicted molar refractivity (Wildman–Crippen MR) is 121 cm³/mol. The van der Waals surface area contributed by atoms with Gasteiger partial charge >= 0.3 is 5.69 Å². The van der Waals surface area contributed by atoms with Gasteiger partial charge in [0, 0.05) is 6.54 Å². The van der Waals surface area contributed by atoms with Gasteiger partial charge in [0.2, 0.25) is 5.91 Å². The standard InChI is InChI=1S/C22H25N5O4/c1-3-26(14-18(28)24-16-11-7-8-12-17(16)31-2)19-20(23)27(22(30)25-21(19)29)13-15-9-5-4-6-10-15/h4-12H,3,13-14,23H2,1-2H3,(H,24,28)(H,25,29,30). The van der Waals surface area contributed by atoms with Gasteiger partial charge in [-0.05, 0) is 24.6 Å². The number of amides is 1. The van der Waals surface area contributed by atoms with Crippen molar-refractivity contribution < 1.29 is 9.53 Å². The number of nitrogens with zero attached hydrogens (tertiary/aromatic N) is 2. The van der Waals surface area contributed by atoms with Crippen molar-refractivity contribution in [1.82, 2.24) is 9.55 Å². The van der Waals surface area contributed by atoms with Gasteiger partial charge in [-0.15, -0.1) is 0 Å². The van der Waals surface area contributed by atoms with Crippen LogP contribution < -0.4 is 31.9 Å². The van der Waals surface area contributed by atoms with Crippen LogP contribution in [0.1, 0.15) is 12.5 Å². The SMILES string of the molecule is CCN(CC(=O)Nc1ccccc1OC)c1c(N)n(Cc2ccccc2)c(=O)[nH]c1=O. The number of nitrogens with one attached hydrogen (secondary N) is 2. The molecule has 0 aliphatic carbocycles. The summed E-state index contributed by atoms with van der Waals surface area (Å²) >= 11 is 0. The molecule has 0 saturated heterocycles. The number of likely N-dealkylation sites (N-methyl/N-ethyl adjacent to an activating group) is 1. The van der Waals surface area contributed by atoms with Crippen LogP contribution in [0, 0.1) is 0 Å². The van der Waals surface area contributed by atoms with Crippen LogP contribution in [0.15, 0.2) is 64.2 Å². The molecule has 1 heterocycles. The average Bonchev–Trinajstić information content (AvgIpc) is 2.76. The minimum atomic E-state index is -0.640. The van der Waals surface area contributed by atoms with E-state index in [9.17, 15) is 14.4 Å². The Morgan fingerprint density at radius 2 is 1.81 bits per heavy atom. The van der Waals surface area contributed by atoms with E-state index >= 15 is 0 Å². The number of hydrogen-bond donors (Lipinski definition) is 3. The monoisotopic (exact) mass is 423 g/mol. The number of aromatic nitrogens is 2. The number of carbonyl (C=O) groups is 1. The van der Waals surface area contributed by atoms with Gasteiger partial charge in [-0.25, -0.2) is 4.79 Å². The highest BCUT2D eigenvalue weighted by molar-refractivity contribution is 5.95. The molecular formula is C22H25N5O4. The normalized spacial score (nSPS) is 10.5. The number of carbonyl (C=O) groups excluding carboxylic acids is 1. The van der Waals surface area contributed by atoms with Crippen molar-refractivity contribution >= 4 is 23.1 Å². The number of ether oxygens (including phenoxy) is 1. The lowest BCUT2D eigenvalue weighted by Gasteiger charge is -2.24. The summed E-state index contributed by atoms with van der Waals surface area (Å²) in [5.41, 5.74) is 6.43. The van der Waals surface area contributed by atoms with E-state index in [0.717, 1.165) is 5.56 Å². The molecule has 0 spiro atoms. The van der Waals surface area contributed by atoms with E-state index in [1.165, 1.54) is 16.6 Å². The third kappa shape index (κ3) is 4.95. The zero-order chi connectivity index (χ0) is 22.4. The first-order chi connectivity index (χ1) is 14.9. The first-order valence-electron chi connectivity index (χ1n) is 9.79. The van der Waals surface area contributed by atoms with Crippen molar-refractivity contribution in [2.45, 2.75) is 13.5 Å². The van der Waals surface area contributed by atoms with Crippen LogP contribution in [0.5, 0.6) is 5.75 Å². The van der Waals surface area contributed by atoms with Gasteiger partial charge in [0.15, 0.2) is 0 Å². The molecule has 0 atom stereocenters. The van der Waals surface area contributed by atoms with Crippen LogP contribution in [0.3, 0.4) is 0 Å². The molecule has 0 fully saturated rings. The largest absolute Gasteiger partial charge is 0.495 e. The second kappa shape index (κ2) is 9.66. The number of nitrogens with two attached hydrogens (primary N) is 1. The smallest absolute Gasteiger partial charge is 0.330 e. The van der Waals surface area contributed by atoms with Gasteiger partial charge in [0.05, 0.1) is 25.9 Å². The van der Waals surface area contributed by atoms with E-state index in [4.69, 9.17) is 10.5 Å². The summed E-state index contributed by atoms with van der Waals surface area (Å²) in [6.45, 7) is 2.18. The van der Waals surface area contributed by atoms with Crippen molar-refractivity contribution in [2.75, 3.05) is 36.1 Å². The zero-order valence-electron chi connectivity index (χ0n) is 17.4. The van der Waals surface area contributed by atoms with Gasteiger partial charge in [-0.1, -0.05) is 42.5 Å². The maximum Gasteiger partial charge on any atom is 0.330 e. The number of rotatable bonds is 8. The van der Waals surface area contributed by atoms with Gasteiger partial charge < -0.3 is 20.7 Å². The highest BCUT2D eigenvalue weighted by atomic mass is 16.5. The highest BCUT2D eigenvalue weighted by Gasteiger charge is 2.20. The Labute approximate surface area is 179 Å². The fraction of sp³-hybridized carbons (Fsp3) is 0.227.